The van der Waals surface area contributed by atoms with Gasteiger partial charge >= 0.3 is 5.97 Å². The number of aliphatic carboxylic acids is 1. The minimum absolute atomic E-state index is 0.0237. The summed E-state index contributed by atoms with van der Waals surface area (Å²) < 4.78 is 10.3. The number of amides is 1. The highest BCUT2D eigenvalue weighted by atomic mass is 16.5. The number of hydrogen-bond donors (Lipinski definition) is 3. The summed E-state index contributed by atoms with van der Waals surface area (Å²) >= 11 is 0. The zero-order valence-corrected chi connectivity index (χ0v) is 12.1. The van der Waals surface area contributed by atoms with Gasteiger partial charge in [0.15, 0.2) is 11.5 Å². The normalized spacial score (nSPS) is 11.7. The molecule has 4 N–H and O–H groups in total. The van der Waals surface area contributed by atoms with Gasteiger partial charge in [0.1, 0.15) is 6.04 Å². The summed E-state index contributed by atoms with van der Waals surface area (Å²) in [7, 11) is 3.07. The molecule has 0 saturated heterocycles. The van der Waals surface area contributed by atoms with Crippen LogP contribution in [0.5, 0.6) is 11.5 Å². The van der Waals surface area contributed by atoms with Crippen molar-refractivity contribution in [2.24, 2.45) is 5.73 Å². The third kappa shape index (κ3) is 5.31. The number of primary amides is 1. The SMILES string of the molecule is COc1ccc(CNC(CCC(N)=O)C(=O)O)cc1OC. The van der Waals surface area contributed by atoms with Crippen LogP contribution in [0.3, 0.4) is 0 Å². The summed E-state index contributed by atoms with van der Waals surface area (Å²) in [5, 5.41) is 12.0. The number of methoxy groups -OCH3 is 2. The molecule has 1 aromatic carbocycles. The van der Waals surface area contributed by atoms with E-state index in [0.29, 0.717) is 18.0 Å². The maximum atomic E-state index is 11.1. The maximum absolute atomic E-state index is 11.1. The monoisotopic (exact) mass is 296 g/mol. The van der Waals surface area contributed by atoms with Gasteiger partial charge in [-0.05, 0) is 24.1 Å². The van der Waals surface area contributed by atoms with Crippen LogP contribution in [0.2, 0.25) is 0 Å². The second-order valence-electron chi connectivity index (χ2n) is 4.47. The van der Waals surface area contributed by atoms with E-state index < -0.39 is 17.9 Å². The fourth-order valence-electron chi connectivity index (χ4n) is 1.83. The number of benzene rings is 1. The third-order valence-electron chi connectivity index (χ3n) is 2.98. The molecule has 0 bridgehead atoms. The van der Waals surface area contributed by atoms with Crippen LogP contribution in [0.4, 0.5) is 0 Å². The highest BCUT2D eigenvalue weighted by molar-refractivity contribution is 5.77. The Bertz CT molecular complexity index is 504. The van der Waals surface area contributed by atoms with E-state index in [-0.39, 0.29) is 12.8 Å². The molecule has 0 spiro atoms. The second kappa shape index (κ2) is 8.11. The van der Waals surface area contributed by atoms with Crippen molar-refractivity contribution in [3.8, 4) is 11.5 Å². The molecular weight excluding hydrogens is 276 g/mol. The topological polar surface area (TPSA) is 111 Å². The Morgan fingerprint density at radius 3 is 2.48 bits per heavy atom. The van der Waals surface area contributed by atoms with Gasteiger partial charge in [-0.25, -0.2) is 0 Å². The van der Waals surface area contributed by atoms with Crippen molar-refractivity contribution in [2.45, 2.75) is 25.4 Å². The van der Waals surface area contributed by atoms with E-state index in [1.165, 1.54) is 7.11 Å². The van der Waals surface area contributed by atoms with E-state index in [4.69, 9.17) is 20.3 Å². The van der Waals surface area contributed by atoms with Gasteiger partial charge in [0.2, 0.25) is 5.91 Å². The number of rotatable bonds is 9. The Labute approximate surface area is 123 Å². The van der Waals surface area contributed by atoms with Crippen LogP contribution >= 0.6 is 0 Å². The fourth-order valence-corrected chi connectivity index (χ4v) is 1.83. The van der Waals surface area contributed by atoms with Crippen LogP contribution in [0, 0.1) is 0 Å². The van der Waals surface area contributed by atoms with Crippen molar-refractivity contribution < 1.29 is 24.2 Å². The number of hydrogen-bond acceptors (Lipinski definition) is 5. The van der Waals surface area contributed by atoms with E-state index in [1.807, 2.05) is 0 Å². The Hall–Kier alpha value is -2.28. The molecule has 1 amide bonds. The quantitative estimate of drug-likeness (QED) is 0.612. The van der Waals surface area contributed by atoms with Crippen LogP contribution in [0.15, 0.2) is 18.2 Å². The van der Waals surface area contributed by atoms with Crippen molar-refractivity contribution in [1.29, 1.82) is 0 Å². The summed E-state index contributed by atoms with van der Waals surface area (Å²) in [5.74, 6) is -0.364. The van der Waals surface area contributed by atoms with Gasteiger partial charge in [0.05, 0.1) is 14.2 Å². The molecule has 1 rings (SSSR count). The first-order valence-electron chi connectivity index (χ1n) is 6.43. The van der Waals surface area contributed by atoms with E-state index in [1.54, 1.807) is 25.3 Å². The molecule has 7 heteroatoms. The van der Waals surface area contributed by atoms with Crippen LogP contribution < -0.4 is 20.5 Å². The minimum Gasteiger partial charge on any atom is -0.493 e. The van der Waals surface area contributed by atoms with Gasteiger partial charge in [-0.1, -0.05) is 6.07 Å². The lowest BCUT2D eigenvalue weighted by Crippen LogP contribution is -2.37. The predicted molar refractivity (Wildman–Crippen MR) is 76.2 cm³/mol. The molecule has 7 nitrogen and oxygen atoms in total. The van der Waals surface area contributed by atoms with E-state index in [9.17, 15) is 9.59 Å². The number of nitrogens with one attached hydrogen (secondary N) is 1. The molecule has 0 aliphatic rings. The van der Waals surface area contributed by atoms with Gasteiger partial charge < -0.3 is 25.6 Å². The van der Waals surface area contributed by atoms with Crippen molar-refractivity contribution in [2.75, 3.05) is 14.2 Å². The Morgan fingerprint density at radius 2 is 1.95 bits per heavy atom. The lowest BCUT2D eigenvalue weighted by Gasteiger charge is -2.15. The van der Waals surface area contributed by atoms with Crippen LogP contribution in [-0.2, 0) is 16.1 Å². The number of carboxylic acids is 1. The lowest BCUT2D eigenvalue weighted by atomic mass is 10.1. The number of carbonyl (C=O) groups is 2. The number of nitrogens with two attached hydrogens (primary N) is 1. The van der Waals surface area contributed by atoms with Crippen molar-refractivity contribution in [3.63, 3.8) is 0 Å². The summed E-state index contributed by atoms with van der Waals surface area (Å²) in [6.45, 7) is 0.329. The number of carboxylic acid groups (broad SMARTS) is 1. The average Bonchev–Trinajstić information content (AvgIpc) is 2.46. The molecule has 0 aliphatic carbocycles. The Kier molecular flexibility index (Phi) is 6.48. The predicted octanol–water partition coefficient (Wildman–Crippen LogP) is 0.512. The average molecular weight is 296 g/mol. The molecule has 0 saturated carbocycles. The standard InChI is InChI=1S/C14H20N2O5/c1-20-11-5-3-9(7-12(11)21-2)8-16-10(14(18)19)4-6-13(15)17/h3,5,7,10,16H,4,6,8H2,1-2H3,(H2,15,17)(H,18,19). The van der Waals surface area contributed by atoms with Crippen molar-refractivity contribution in [1.82, 2.24) is 5.32 Å². The zero-order chi connectivity index (χ0) is 15.8. The molecule has 1 unspecified atom stereocenters. The Morgan fingerprint density at radius 1 is 1.29 bits per heavy atom. The van der Waals surface area contributed by atoms with E-state index in [2.05, 4.69) is 5.32 Å². The molecule has 0 aliphatic heterocycles. The van der Waals surface area contributed by atoms with Gasteiger partial charge in [-0.3, -0.25) is 9.59 Å². The number of ether oxygens (including phenoxy) is 2. The lowest BCUT2D eigenvalue weighted by molar-refractivity contribution is -0.139. The summed E-state index contributed by atoms with van der Waals surface area (Å²) in [4.78, 5) is 21.8. The van der Waals surface area contributed by atoms with E-state index >= 15 is 0 Å². The molecule has 0 heterocycles. The van der Waals surface area contributed by atoms with Gasteiger partial charge in [-0.15, -0.1) is 0 Å². The molecule has 1 aromatic rings. The van der Waals surface area contributed by atoms with Gasteiger partial charge in [-0.2, -0.15) is 0 Å². The zero-order valence-electron chi connectivity index (χ0n) is 12.1. The highest BCUT2D eigenvalue weighted by Gasteiger charge is 2.17. The second-order valence-corrected chi connectivity index (χ2v) is 4.47. The maximum Gasteiger partial charge on any atom is 0.320 e. The van der Waals surface area contributed by atoms with Crippen LogP contribution in [0.1, 0.15) is 18.4 Å². The van der Waals surface area contributed by atoms with Gasteiger partial charge in [0, 0.05) is 13.0 Å². The van der Waals surface area contributed by atoms with Crippen LogP contribution in [0.25, 0.3) is 0 Å². The van der Waals surface area contributed by atoms with Crippen molar-refractivity contribution in [3.05, 3.63) is 23.8 Å². The smallest absolute Gasteiger partial charge is 0.320 e. The summed E-state index contributed by atoms with van der Waals surface area (Å²) in [5.41, 5.74) is 5.87. The fraction of sp³-hybridized carbons (Fsp3) is 0.429. The minimum atomic E-state index is -1.02. The molecule has 21 heavy (non-hydrogen) atoms. The molecule has 0 radical (unpaired) electrons. The summed E-state index contributed by atoms with van der Waals surface area (Å²) in [6, 6.07) is 4.49. The van der Waals surface area contributed by atoms with Crippen LogP contribution in [-0.4, -0.2) is 37.2 Å². The van der Waals surface area contributed by atoms with Crippen molar-refractivity contribution >= 4 is 11.9 Å². The number of carbonyl (C=O) groups excluding carboxylic acids is 1. The molecular formula is C14H20N2O5. The first kappa shape index (κ1) is 16.8. The van der Waals surface area contributed by atoms with E-state index in [0.717, 1.165) is 5.56 Å². The highest BCUT2D eigenvalue weighted by Crippen LogP contribution is 2.27. The first-order valence-corrected chi connectivity index (χ1v) is 6.43. The molecule has 116 valence electrons. The summed E-state index contributed by atoms with van der Waals surface area (Å²) in [6.07, 6.45) is 0.174. The third-order valence-corrected chi connectivity index (χ3v) is 2.98. The largest absolute Gasteiger partial charge is 0.493 e. The van der Waals surface area contributed by atoms with Gasteiger partial charge in [0.25, 0.3) is 0 Å². The molecule has 0 aromatic heterocycles. The first-order chi connectivity index (χ1) is 9.97. The molecule has 0 fully saturated rings. The Balaban J connectivity index is 2.67. The molecule has 1 atom stereocenters.